The minimum absolute atomic E-state index is 0.153. The van der Waals surface area contributed by atoms with Crippen LogP contribution in [0.2, 0.25) is 0 Å². The third-order valence-electron chi connectivity index (χ3n) is 3.69. The van der Waals surface area contributed by atoms with E-state index >= 15 is 0 Å². The van der Waals surface area contributed by atoms with Crippen LogP contribution in [-0.4, -0.2) is 19.6 Å². The molecule has 0 saturated heterocycles. The number of amides is 1. The molecule has 116 valence electrons. The van der Waals surface area contributed by atoms with Crippen LogP contribution in [0.4, 0.5) is 0 Å². The molecular weight excluding hydrogens is 278 g/mol. The van der Waals surface area contributed by atoms with Gasteiger partial charge in [0.25, 0.3) is 0 Å². The summed E-state index contributed by atoms with van der Waals surface area (Å²) in [6.07, 6.45) is 3.21. The van der Waals surface area contributed by atoms with Crippen molar-refractivity contribution >= 4 is 22.4 Å². The van der Waals surface area contributed by atoms with Crippen LogP contribution in [0.25, 0.3) is 16.5 Å². The number of hydrogen-bond donors (Lipinski definition) is 1. The lowest BCUT2D eigenvalue weighted by molar-refractivity contribution is -0.116. The first-order valence-electron chi connectivity index (χ1n) is 7.13. The molecule has 0 unspecified atom stereocenters. The van der Waals surface area contributed by atoms with Crippen LogP contribution in [0, 0.1) is 13.8 Å². The van der Waals surface area contributed by atoms with Crippen molar-refractivity contribution in [2.24, 2.45) is 0 Å². The highest BCUT2D eigenvalue weighted by Gasteiger charge is 2.14. The number of carbonyl (C=O) groups excluding carboxylic acids is 1. The molecule has 1 amide bonds. The van der Waals surface area contributed by atoms with Gasteiger partial charge in [-0.05, 0) is 38.0 Å². The number of furan rings is 1. The van der Waals surface area contributed by atoms with Crippen molar-refractivity contribution in [3.63, 3.8) is 0 Å². The molecule has 1 heterocycles. The van der Waals surface area contributed by atoms with Gasteiger partial charge in [-0.25, -0.2) is 0 Å². The van der Waals surface area contributed by atoms with E-state index in [1.165, 1.54) is 0 Å². The number of carbonyl (C=O) groups is 1. The predicted molar refractivity (Wildman–Crippen MR) is 89.1 cm³/mol. The summed E-state index contributed by atoms with van der Waals surface area (Å²) in [6, 6.07) is 3.87. The molecule has 1 N–H and O–H groups in total. The van der Waals surface area contributed by atoms with Crippen molar-refractivity contribution in [2.45, 2.75) is 20.8 Å². The van der Waals surface area contributed by atoms with Crippen molar-refractivity contribution in [3.05, 3.63) is 47.8 Å². The molecule has 2 aromatic rings. The van der Waals surface area contributed by atoms with Crippen LogP contribution in [0.15, 0.2) is 35.3 Å². The number of fused-ring (bicyclic) bond motifs is 1. The third kappa shape index (κ3) is 3.06. The zero-order chi connectivity index (χ0) is 16.3. The smallest absolute Gasteiger partial charge is 0.244 e. The van der Waals surface area contributed by atoms with Crippen LogP contribution < -0.4 is 10.1 Å². The summed E-state index contributed by atoms with van der Waals surface area (Å²) in [4.78, 5) is 11.8. The zero-order valence-corrected chi connectivity index (χ0v) is 13.4. The number of benzene rings is 1. The Balaban J connectivity index is 2.48. The molecule has 0 saturated carbocycles. The van der Waals surface area contributed by atoms with Gasteiger partial charge in [0.05, 0.1) is 7.11 Å². The molecule has 0 radical (unpaired) electrons. The van der Waals surface area contributed by atoms with Gasteiger partial charge < -0.3 is 14.5 Å². The molecule has 4 heteroatoms. The number of methoxy groups -OCH3 is 1. The summed E-state index contributed by atoms with van der Waals surface area (Å²) in [5.41, 5.74) is 3.61. The van der Waals surface area contributed by atoms with Gasteiger partial charge in [-0.1, -0.05) is 6.08 Å². The maximum Gasteiger partial charge on any atom is 0.244 e. The SMILES string of the molecule is C=CCNC(=O)/C=C(\C)c1cc2c(C)c(C)oc2cc1OC. The number of hydrogen-bond acceptors (Lipinski definition) is 3. The summed E-state index contributed by atoms with van der Waals surface area (Å²) >= 11 is 0. The summed E-state index contributed by atoms with van der Waals surface area (Å²) < 4.78 is 11.2. The highest BCUT2D eigenvalue weighted by molar-refractivity contribution is 5.97. The molecule has 0 atom stereocenters. The van der Waals surface area contributed by atoms with E-state index in [0.29, 0.717) is 12.3 Å². The molecule has 1 aromatic carbocycles. The number of aryl methyl sites for hydroxylation is 2. The summed E-state index contributed by atoms with van der Waals surface area (Å²) in [5.74, 6) is 1.42. The minimum atomic E-state index is -0.153. The fourth-order valence-corrected chi connectivity index (χ4v) is 2.35. The predicted octanol–water partition coefficient (Wildman–Crippen LogP) is 3.76. The second kappa shape index (κ2) is 6.52. The van der Waals surface area contributed by atoms with Gasteiger partial charge >= 0.3 is 0 Å². The maximum atomic E-state index is 11.8. The molecule has 0 aliphatic heterocycles. The lowest BCUT2D eigenvalue weighted by Crippen LogP contribution is -2.20. The van der Waals surface area contributed by atoms with Gasteiger partial charge in [0.2, 0.25) is 5.91 Å². The van der Waals surface area contributed by atoms with Gasteiger partial charge in [0.1, 0.15) is 17.1 Å². The van der Waals surface area contributed by atoms with E-state index in [1.54, 1.807) is 19.3 Å². The summed E-state index contributed by atoms with van der Waals surface area (Å²) in [7, 11) is 1.61. The van der Waals surface area contributed by atoms with Crippen LogP contribution >= 0.6 is 0 Å². The number of nitrogens with one attached hydrogen (secondary N) is 1. The Morgan fingerprint density at radius 2 is 2.14 bits per heavy atom. The Bertz CT molecular complexity index is 753. The summed E-state index contributed by atoms with van der Waals surface area (Å²) in [6.45, 7) is 9.87. The van der Waals surface area contributed by atoms with Crippen LogP contribution in [0.5, 0.6) is 5.75 Å². The van der Waals surface area contributed by atoms with E-state index in [2.05, 4.69) is 11.9 Å². The highest BCUT2D eigenvalue weighted by atomic mass is 16.5. The Morgan fingerprint density at radius 3 is 2.77 bits per heavy atom. The lowest BCUT2D eigenvalue weighted by atomic mass is 10.0. The topological polar surface area (TPSA) is 51.5 Å². The van der Waals surface area contributed by atoms with Crippen LogP contribution in [0.1, 0.15) is 23.8 Å². The largest absolute Gasteiger partial charge is 0.496 e. The Hall–Kier alpha value is -2.49. The third-order valence-corrected chi connectivity index (χ3v) is 3.69. The zero-order valence-electron chi connectivity index (χ0n) is 13.4. The number of rotatable bonds is 5. The molecule has 1 aromatic heterocycles. The molecule has 0 aliphatic rings. The second-order valence-corrected chi connectivity index (χ2v) is 5.19. The van der Waals surface area contributed by atoms with Crippen molar-refractivity contribution in [1.29, 1.82) is 0 Å². The van der Waals surface area contributed by atoms with Crippen LogP contribution in [-0.2, 0) is 4.79 Å². The average Bonchev–Trinajstić information content (AvgIpc) is 2.78. The van der Waals surface area contributed by atoms with E-state index in [9.17, 15) is 4.79 Å². The molecule has 0 spiro atoms. The van der Waals surface area contributed by atoms with Gasteiger partial charge in [0.15, 0.2) is 0 Å². The first kappa shape index (κ1) is 15.9. The molecule has 2 rings (SSSR count). The maximum absolute atomic E-state index is 11.8. The number of ether oxygens (including phenoxy) is 1. The van der Waals surface area contributed by atoms with Gasteiger partial charge in [-0.2, -0.15) is 0 Å². The van der Waals surface area contributed by atoms with Gasteiger partial charge in [-0.15, -0.1) is 6.58 Å². The van der Waals surface area contributed by atoms with E-state index in [0.717, 1.165) is 33.4 Å². The first-order chi connectivity index (χ1) is 10.5. The molecule has 0 aliphatic carbocycles. The van der Waals surface area contributed by atoms with Crippen molar-refractivity contribution in [2.75, 3.05) is 13.7 Å². The fourth-order valence-electron chi connectivity index (χ4n) is 2.35. The standard InChI is InChI=1S/C18H21NO3/c1-6-7-19-18(20)8-11(2)14-9-15-12(3)13(4)22-17(15)10-16(14)21-5/h6,8-10H,1,7H2,2-5H3,(H,19,20)/b11-8+. The van der Waals surface area contributed by atoms with Crippen molar-refractivity contribution in [1.82, 2.24) is 5.32 Å². The molecular formula is C18H21NO3. The quantitative estimate of drug-likeness (QED) is 0.675. The van der Waals surface area contributed by atoms with E-state index in [-0.39, 0.29) is 5.91 Å². The average molecular weight is 299 g/mol. The van der Waals surface area contributed by atoms with Crippen molar-refractivity contribution < 1.29 is 13.9 Å². The second-order valence-electron chi connectivity index (χ2n) is 5.19. The Morgan fingerprint density at radius 1 is 1.41 bits per heavy atom. The molecule has 4 nitrogen and oxygen atoms in total. The van der Waals surface area contributed by atoms with Crippen LogP contribution in [0.3, 0.4) is 0 Å². The molecule has 22 heavy (non-hydrogen) atoms. The van der Waals surface area contributed by atoms with E-state index < -0.39 is 0 Å². The lowest BCUT2D eigenvalue weighted by Gasteiger charge is -2.09. The summed E-state index contributed by atoms with van der Waals surface area (Å²) in [5, 5.41) is 3.77. The first-order valence-corrected chi connectivity index (χ1v) is 7.13. The number of allylic oxidation sites excluding steroid dienone is 1. The Kier molecular flexibility index (Phi) is 4.71. The highest BCUT2D eigenvalue weighted by Crippen LogP contribution is 2.34. The van der Waals surface area contributed by atoms with E-state index in [1.807, 2.05) is 32.9 Å². The fraction of sp³-hybridized carbons (Fsp3) is 0.278. The molecule has 0 fully saturated rings. The normalized spacial score (nSPS) is 11.5. The van der Waals surface area contributed by atoms with E-state index in [4.69, 9.17) is 9.15 Å². The van der Waals surface area contributed by atoms with Gasteiger partial charge in [0, 0.05) is 29.6 Å². The Labute approximate surface area is 130 Å². The minimum Gasteiger partial charge on any atom is -0.496 e. The van der Waals surface area contributed by atoms with Gasteiger partial charge in [-0.3, -0.25) is 4.79 Å². The van der Waals surface area contributed by atoms with Crippen molar-refractivity contribution in [3.8, 4) is 5.75 Å². The monoisotopic (exact) mass is 299 g/mol. The molecule has 0 bridgehead atoms.